The number of hydrazine groups is 1. The van der Waals surface area contributed by atoms with Crippen LogP contribution in [0.1, 0.15) is 5.56 Å². The molecule has 1 heterocycles. The van der Waals surface area contributed by atoms with Gasteiger partial charge in [0, 0.05) is 33.4 Å². The Balaban J connectivity index is 2.38. The maximum atomic E-state index is 2.28. The number of hydrogen-bond acceptors (Lipinski definition) is 3. The van der Waals surface area contributed by atoms with Crippen molar-refractivity contribution in [2.24, 2.45) is 0 Å². The van der Waals surface area contributed by atoms with Crippen molar-refractivity contribution < 1.29 is 0 Å². The van der Waals surface area contributed by atoms with Crippen LogP contribution in [0.15, 0.2) is 24.3 Å². The molecule has 0 aliphatic carbocycles. The fourth-order valence-electron chi connectivity index (χ4n) is 1.88. The average Bonchev–Trinajstić information content (AvgIpc) is 2.27. The average molecular weight is 191 g/mol. The second kappa shape index (κ2) is 3.59. The lowest BCUT2D eigenvalue weighted by molar-refractivity contribution is 0.0254. The molecule has 0 radical (unpaired) electrons. The van der Waals surface area contributed by atoms with E-state index in [1.165, 1.54) is 11.3 Å². The van der Waals surface area contributed by atoms with Crippen molar-refractivity contribution in [3.63, 3.8) is 0 Å². The van der Waals surface area contributed by atoms with Crippen molar-refractivity contribution in [3.05, 3.63) is 29.8 Å². The van der Waals surface area contributed by atoms with E-state index in [0.29, 0.717) is 0 Å². The number of anilines is 1. The number of nitrogens with zero attached hydrogens (tertiary/aromatic N) is 3. The molecule has 0 amide bonds. The number of fused-ring (bicyclic) bond motifs is 1. The van der Waals surface area contributed by atoms with Crippen molar-refractivity contribution in [2.45, 2.75) is 6.54 Å². The smallest absolute Gasteiger partial charge is 0.0835 e. The quantitative estimate of drug-likeness (QED) is 0.613. The molecule has 1 aliphatic rings. The van der Waals surface area contributed by atoms with Gasteiger partial charge in [0.2, 0.25) is 0 Å². The second-order valence-corrected chi connectivity index (χ2v) is 3.94. The molecule has 0 fully saturated rings. The summed E-state index contributed by atoms with van der Waals surface area (Å²) < 4.78 is 0. The Kier molecular flexibility index (Phi) is 2.44. The van der Waals surface area contributed by atoms with Gasteiger partial charge >= 0.3 is 0 Å². The Morgan fingerprint density at radius 3 is 2.50 bits per heavy atom. The molecular weight excluding hydrogens is 174 g/mol. The molecule has 1 aliphatic heterocycles. The van der Waals surface area contributed by atoms with Gasteiger partial charge in [0.15, 0.2) is 0 Å². The van der Waals surface area contributed by atoms with E-state index in [4.69, 9.17) is 0 Å². The molecule has 0 atom stereocenters. The molecular formula is C11H17N3. The van der Waals surface area contributed by atoms with Crippen molar-refractivity contribution in [1.29, 1.82) is 0 Å². The van der Waals surface area contributed by atoms with Gasteiger partial charge in [-0.3, -0.25) is 0 Å². The van der Waals surface area contributed by atoms with Crippen molar-refractivity contribution in [3.8, 4) is 0 Å². The van der Waals surface area contributed by atoms with Crippen LogP contribution in [0.4, 0.5) is 5.69 Å². The van der Waals surface area contributed by atoms with E-state index in [2.05, 4.69) is 60.3 Å². The largest absolute Gasteiger partial charge is 0.360 e. The molecule has 0 bridgehead atoms. The molecule has 0 saturated heterocycles. The third-order valence-electron chi connectivity index (χ3n) is 2.80. The van der Waals surface area contributed by atoms with Crippen LogP contribution in [0.2, 0.25) is 0 Å². The molecule has 14 heavy (non-hydrogen) atoms. The summed E-state index contributed by atoms with van der Waals surface area (Å²) in [5, 5.41) is 4.46. The molecule has 0 aromatic heterocycles. The summed E-state index contributed by atoms with van der Waals surface area (Å²) >= 11 is 0. The van der Waals surface area contributed by atoms with Gasteiger partial charge in [0.1, 0.15) is 0 Å². The van der Waals surface area contributed by atoms with Crippen LogP contribution in [-0.4, -0.2) is 37.8 Å². The van der Waals surface area contributed by atoms with Gasteiger partial charge in [-0.1, -0.05) is 18.2 Å². The lowest BCUT2D eigenvalue weighted by Gasteiger charge is -2.28. The first-order chi connectivity index (χ1) is 6.68. The van der Waals surface area contributed by atoms with Crippen molar-refractivity contribution in [1.82, 2.24) is 10.0 Å². The molecule has 76 valence electrons. The minimum Gasteiger partial charge on any atom is -0.360 e. The standard InChI is InChI=1S/C11H17N3/c1-12-9-14(3)13(2)8-10-6-4-5-7-11(10)12/h4-7H,8-9H2,1-3H3. The van der Waals surface area contributed by atoms with Gasteiger partial charge in [-0.15, -0.1) is 0 Å². The zero-order valence-corrected chi connectivity index (χ0v) is 9.07. The third-order valence-corrected chi connectivity index (χ3v) is 2.80. The number of rotatable bonds is 0. The lowest BCUT2D eigenvalue weighted by Crippen LogP contribution is -2.40. The Morgan fingerprint density at radius 2 is 1.71 bits per heavy atom. The van der Waals surface area contributed by atoms with Crippen LogP contribution < -0.4 is 4.90 Å². The van der Waals surface area contributed by atoms with Crippen molar-refractivity contribution >= 4 is 5.69 Å². The van der Waals surface area contributed by atoms with E-state index in [0.717, 1.165) is 13.2 Å². The van der Waals surface area contributed by atoms with E-state index in [1.54, 1.807) is 0 Å². The van der Waals surface area contributed by atoms with E-state index < -0.39 is 0 Å². The molecule has 3 nitrogen and oxygen atoms in total. The SMILES string of the molecule is CN1CN(C)N(C)Cc2ccccc21. The summed E-state index contributed by atoms with van der Waals surface area (Å²) in [6.07, 6.45) is 0. The minimum atomic E-state index is 0.938. The van der Waals surface area contributed by atoms with Gasteiger partial charge in [0.05, 0.1) is 6.67 Å². The van der Waals surface area contributed by atoms with Crippen LogP contribution >= 0.6 is 0 Å². The molecule has 1 aromatic carbocycles. The zero-order valence-electron chi connectivity index (χ0n) is 9.07. The summed E-state index contributed by atoms with van der Waals surface area (Å²) in [6, 6.07) is 8.58. The monoisotopic (exact) mass is 191 g/mol. The maximum Gasteiger partial charge on any atom is 0.0835 e. The summed E-state index contributed by atoms with van der Waals surface area (Å²) in [6.45, 7) is 1.92. The van der Waals surface area contributed by atoms with E-state index in [1.807, 2.05) is 0 Å². The van der Waals surface area contributed by atoms with Crippen LogP contribution in [0, 0.1) is 0 Å². The van der Waals surface area contributed by atoms with Crippen molar-refractivity contribution in [2.75, 3.05) is 32.7 Å². The number of para-hydroxylation sites is 1. The number of benzene rings is 1. The minimum absolute atomic E-state index is 0.938. The van der Waals surface area contributed by atoms with Crippen LogP contribution in [0.25, 0.3) is 0 Å². The fourth-order valence-corrected chi connectivity index (χ4v) is 1.88. The Hall–Kier alpha value is -1.06. The summed E-state index contributed by atoms with van der Waals surface area (Å²) in [7, 11) is 6.37. The van der Waals surface area contributed by atoms with Gasteiger partial charge in [0.25, 0.3) is 0 Å². The fraction of sp³-hybridized carbons (Fsp3) is 0.455. The first kappa shape index (κ1) is 9.49. The van der Waals surface area contributed by atoms with Crippen LogP contribution in [0.3, 0.4) is 0 Å². The molecule has 0 N–H and O–H groups in total. The topological polar surface area (TPSA) is 9.72 Å². The van der Waals surface area contributed by atoms with Gasteiger partial charge in [-0.05, 0) is 11.6 Å². The van der Waals surface area contributed by atoms with E-state index in [9.17, 15) is 0 Å². The highest BCUT2D eigenvalue weighted by Crippen LogP contribution is 2.23. The Morgan fingerprint density at radius 1 is 1.00 bits per heavy atom. The predicted octanol–water partition coefficient (Wildman–Crippen LogP) is 1.37. The Labute approximate surface area is 85.5 Å². The highest BCUT2D eigenvalue weighted by atomic mass is 15.6. The second-order valence-electron chi connectivity index (χ2n) is 3.94. The predicted molar refractivity (Wildman–Crippen MR) is 58.9 cm³/mol. The van der Waals surface area contributed by atoms with Gasteiger partial charge in [-0.25, -0.2) is 10.0 Å². The normalized spacial score (nSPS) is 19.2. The first-order valence-electron chi connectivity index (χ1n) is 4.89. The highest BCUT2D eigenvalue weighted by Gasteiger charge is 2.17. The molecule has 0 unspecified atom stereocenters. The highest BCUT2D eigenvalue weighted by molar-refractivity contribution is 5.53. The molecule has 1 aromatic rings. The Bertz CT molecular complexity index is 324. The molecule has 2 rings (SSSR count). The van der Waals surface area contributed by atoms with E-state index in [-0.39, 0.29) is 0 Å². The summed E-state index contributed by atoms with van der Waals surface area (Å²) in [5.41, 5.74) is 2.73. The molecule has 0 spiro atoms. The first-order valence-corrected chi connectivity index (χ1v) is 4.89. The summed E-state index contributed by atoms with van der Waals surface area (Å²) in [5.74, 6) is 0. The van der Waals surface area contributed by atoms with Gasteiger partial charge < -0.3 is 4.90 Å². The van der Waals surface area contributed by atoms with Crippen LogP contribution in [-0.2, 0) is 6.54 Å². The number of hydrogen-bond donors (Lipinski definition) is 0. The zero-order chi connectivity index (χ0) is 10.1. The third kappa shape index (κ3) is 1.61. The van der Waals surface area contributed by atoms with Crippen LogP contribution in [0.5, 0.6) is 0 Å². The molecule has 3 heteroatoms. The molecule has 0 saturated carbocycles. The van der Waals surface area contributed by atoms with Gasteiger partial charge in [-0.2, -0.15) is 0 Å². The summed E-state index contributed by atoms with van der Waals surface area (Å²) in [4.78, 5) is 2.28. The lowest BCUT2D eigenvalue weighted by atomic mass is 10.1. The van der Waals surface area contributed by atoms with E-state index >= 15 is 0 Å². The maximum absolute atomic E-state index is 2.28.